The molecule has 0 unspecified atom stereocenters. The van der Waals surface area contributed by atoms with Gasteiger partial charge in [0.05, 0.1) is 24.7 Å². The fraction of sp³-hybridized carbons (Fsp3) is 0.136. The average molecular weight is 500 g/mol. The number of benzene rings is 2. The zero-order chi connectivity index (χ0) is 24.5. The monoisotopic (exact) mass is 499 g/mol. The molecule has 0 atom stereocenters. The first-order chi connectivity index (χ1) is 16.9. The van der Waals surface area contributed by atoms with Crippen molar-refractivity contribution in [2.45, 2.75) is 6.54 Å². The number of ether oxygens (including phenoxy) is 1. The molecule has 0 aliphatic carbocycles. The highest BCUT2D eigenvalue weighted by molar-refractivity contribution is 6.33. The molecule has 0 fully saturated rings. The molecular weight excluding hydrogens is 482 g/mol. The van der Waals surface area contributed by atoms with Crippen molar-refractivity contribution in [3.63, 3.8) is 0 Å². The molecule has 0 saturated heterocycles. The molecule has 3 aromatic heterocycles. The molecule has 13 heteroatoms. The summed E-state index contributed by atoms with van der Waals surface area (Å²) in [6.07, 6.45) is 1.55. The van der Waals surface area contributed by atoms with Crippen LogP contribution < -0.4 is 20.8 Å². The van der Waals surface area contributed by atoms with E-state index >= 15 is 0 Å². The van der Waals surface area contributed by atoms with Crippen LogP contribution in [-0.2, 0) is 13.6 Å². The van der Waals surface area contributed by atoms with Gasteiger partial charge in [0, 0.05) is 16.7 Å². The van der Waals surface area contributed by atoms with Crippen molar-refractivity contribution in [3.05, 3.63) is 75.9 Å². The lowest BCUT2D eigenvalue weighted by Crippen LogP contribution is -2.28. The Hall–Kier alpha value is -4.32. The van der Waals surface area contributed by atoms with E-state index in [9.17, 15) is 13.6 Å². The summed E-state index contributed by atoms with van der Waals surface area (Å²) in [4.78, 5) is 20.8. The second-order valence-corrected chi connectivity index (χ2v) is 7.94. The van der Waals surface area contributed by atoms with Crippen molar-refractivity contribution in [2.75, 3.05) is 11.9 Å². The van der Waals surface area contributed by atoms with E-state index < -0.39 is 11.6 Å². The highest BCUT2D eigenvalue weighted by Gasteiger charge is 2.20. The van der Waals surface area contributed by atoms with Crippen LogP contribution in [0, 0.1) is 11.6 Å². The van der Waals surface area contributed by atoms with E-state index in [1.54, 1.807) is 25.5 Å². The fourth-order valence-electron chi connectivity index (χ4n) is 3.51. The number of aromatic amines is 2. The minimum absolute atomic E-state index is 0.201. The summed E-state index contributed by atoms with van der Waals surface area (Å²) in [6.45, 7) is 0.630. The van der Waals surface area contributed by atoms with Crippen molar-refractivity contribution in [3.8, 4) is 23.0 Å². The second kappa shape index (κ2) is 9.14. The molecule has 3 N–H and O–H groups in total. The van der Waals surface area contributed by atoms with Gasteiger partial charge in [0.15, 0.2) is 17.2 Å². The molecule has 5 rings (SSSR count). The molecular formula is C22H18ClF2N8O2+. The first-order valence-corrected chi connectivity index (χ1v) is 10.8. The molecule has 35 heavy (non-hydrogen) atoms. The first kappa shape index (κ1) is 22.5. The number of aromatic nitrogens is 7. The number of hydrogen-bond donors (Lipinski definition) is 2. The Labute approximate surface area is 201 Å². The minimum atomic E-state index is -0.901. The summed E-state index contributed by atoms with van der Waals surface area (Å²) in [6, 6.07) is 9.89. The topological polar surface area (TPSA) is 117 Å². The summed E-state index contributed by atoms with van der Waals surface area (Å²) in [7, 11) is 1.61. The Kier molecular flexibility index (Phi) is 5.87. The number of anilines is 1. The second-order valence-electron chi connectivity index (χ2n) is 7.53. The lowest BCUT2D eigenvalue weighted by molar-refractivity contribution is -0.488. The maximum Gasteiger partial charge on any atom is 0.445 e. The molecule has 0 spiro atoms. The SMILES string of the molecule is Cn1[nH+]cn(CCNc2nc(Oc3ccc(F)cc3F)nc3n[nH]c(-c4ccccc4Cl)c23)c1=O. The van der Waals surface area contributed by atoms with Crippen LogP contribution in [0.5, 0.6) is 11.8 Å². The largest absolute Gasteiger partial charge is 0.445 e. The molecule has 0 radical (unpaired) electrons. The molecule has 0 aliphatic rings. The van der Waals surface area contributed by atoms with Crippen molar-refractivity contribution >= 4 is 28.5 Å². The quantitative estimate of drug-likeness (QED) is 0.355. The standard InChI is InChI=1S/C22H17ClF2N8O2/c1-32-22(34)33(11-27-32)9-8-26-19-17-18(13-4-2-3-5-14(13)23)30-31-20(17)29-21(28-19)35-16-7-6-12(24)10-15(16)25/h2-7,10-11H,8-9H2,1H3,(H2,26,28,29,30,31)/p+1. The van der Waals surface area contributed by atoms with E-state index in [0.717, 1.165) is 12.1 Å². The number of nitrogens with zero attached hydrogens (tertiary/aromatic N) is 5. The van der Waals surface area contributed by atoms with E-state index in [0.29, 0.717) is 46.6 Å². The molecule has 0 bridgehead atoms. The minimum Gasteiger partial charge on any atom is -0.421 e. The van der Waals surface area contributed by atoms with Crippen LogP contribution in [0.2, 0.25) is 5.02 Å². The molecule has 3 heterocycles. The number of H-pyrrole nitrogens is 2. The molecule has 178 valence electrons. The van der Waals surface area contributed by atoms with Crippen molar-refractivity contribution in [1.82, 2.24) is 29.4 Å². The third-order valence-electron chi connectivity index (χ3n) is 5.22. The van der Waals surface area contributed by atoms with Crippen LogP contribution in [0.3, 0.4) is 0 Å². The van der Waals surface area contributed by atoms with Crippen LogP contribution in [0.25, 0.3) is 22.3 Å². The van der Waals surface area contributed by atoms with Crippen LogP contribution in [0.1, 0.15) is 0 Å². The molecule has 0 amide bonds. The summed E-state index contributed by atoms with van der Waals surface area (Å²) in [5, 5.41) is 14.1. The number of nitrogens with one attached hydrogen (secondary N) is 3. The van der Waals surface area contributed by atoms with Gasteiger partial charge in [0.1, 0.15) is 18.2 Å². The number of aryl methyl sites for hydroxylation is 1. The Morgan fingerprint density at radius 1 is 1.20 bits per heavy atom. The van der Waals surface area contributed by atoms with Crippen molar-refractivity contribution < 1.29 is 18.6 Å². The molecule has 5 aromatic rings. The van der Waals surface area contributed by atoms with Gasteiger partial charge in [0.25, 0.3) is 6.33 Å². The van der Waals surface area contributed by atoms with Gasteiger partial charge >= 0.3 is 11.7 Å². The number of hydrogen-bond acceptors (Lipinski definition) is 6. The van der Waals surface area contributed by atoms with Crippen LogP contribution >= 0.6 is 11.6 Å². The van der Waals surface area contributed by atoms with E-state index in [1.807, 2.05) is 12.1 Å². The van der Waals surface area contributed by atoms with Crippen molar-refractivity contribution in [1.29, 1.82) is 0 Å². The van der Waals surface area contributed by atoms with E-state index in [2.05, 4.69) is 30.6 Å². The zero-order valence-electron chi connectivity index (χ0n) is 18.2. The maximum atomic E-state index is 14.1. The smallest absolute Gasteiger partial charge is 0.421 e. The van der Waals surface area contributed by atoms with Gasteiger partial charge in [0.2, 0.25) is 0 Å². The normalized spacial score (nSPS) is 11.2. The first-order valence-electron chi connectivity index (χ1n) is 10.4. The Morgan fingerprint density at radius 3 is 2.77 bits per heavy atom. The van der Waals surface area contributed by atoms with Gasteiger partial charge in [-0.2, -0.15) is 24.7 Å². The predicted molar refractivity (Wildman–Crippen MR) is 123 cm³/mol. The zero-order valence-corrected chi connectivity index (χ0v) is 19.0. The van der Waals surface area contributed by atoms with Crippen LogP contribution in [0.15, 0.2) is 53.6 Å². The molecule has 2 aromatic carbocycles. The summed E-state index contributed by atoms with van der Waals surface area (Å²) in [5.41, 5.74) is 1.27. The summed E-state index contributed by atoms with van der Waals surface area (Å²) in [5.74, 6) is -1.56. The third-order valence-corrected chi connectivity index (χ3v) is 5.55. The highest BCUT2D eigenvalue weighted by Crippen LogP contribution is 2.35. The Balaban J connectivity index is 1.54. The predicted octanol–water partition coefficient (Wildman–Crippen LogP) is 3.17. The summed E-state index contributed by atoms with van der Waals surface area (Å²) >= 11 is 6.39. The van der Waals surface area contributed by atoms with Gasteiger partial charge < -0.3 is 10.1 Å². The van der Waals surface area contributed by atoms with Crippen molar-refractivity contribution in [2.24, 2.45) is 7.05 Å². The molecule has 0 saturated carbocycles. The van der Waals surface area contributed by atoms with E-state index in [1.165, 1.54) is 9.25 Å². The lowest BCUT2D eigenvalue weighted by Gasteiger charge is -2.10. The lowest BCUT2D eigenvalue weighted by atomic mass is 10.1. The third kappa shape index (κ3) is 4.43. The maximum absolute atomic E-state index is 14.1. The van der Waals surface area contributed by atoms with E-state index in [-0.39, 0.29) is 23.1 Å². The number of fused-ring (bicyclic) bond motifs is 1. The Morgan fingerprint density at radius 2 is 2.03 bits per heavy atom. The average Bonchev–Trinajstić information content (AvgIpc) is 3.40. The van der Waals surface area contributed by atoms with E-state index in [4.69, 9.17) is 16.3 Å². The molecule has 10 nitrogen and oxygen atoms in total. The van der Waals surface area contributed by atoms with Gasteiger partial charge in [-0.3, -0.25) is 5.10 Å². The van der Waals surface area contributed by atoms with Gasteiger partial charge in [-0.1, -0.05) is 29.8 Å². The Bertz CT molecular complexity index is 1600. The molecule has 0 aliphatic heterocycles. The van der Waals surface area contributed by atoms with Gasteiger partial charge in [-0.15, -0.1) is 4.68 Å². The van der Waals surface area contributed by atoms with Gasteiger partial charge in [-0.05, 0) is 18.2 Å². The summed E-state index contributed by atoms with van der Waals surface area (Å²) < 4.78 is 35.7. The van der Waals surface area contributed by atoms with Crippen LogP contribution in [-0.4, -0.2) is 36.0 Å². The number of halogens is 3. The van der Waals surface area contributed by atoms with Gasteiger partial charge in [-0.25, -0.2) is 13.6 Å². The fourth-order valence-corrected chi connectivity index (χ4v) is 3.74. The number of rotatable bonds is 7. The highest BCUT2D eigenvalue weighted by atomic mass is 35.5. The van der Waals surface area contributed by atoms with Crippen LogP contribution in [0.4, 0.5) is 14.6 Å².